The molecule has 6 aromatic carbocycles. The number of benzene rings is 6. The van der Waals surface area contributed by atoms with E-state index in [-0.39, 0.29) is 0 Å². The molecule has 0 N–H and O–H groups in total. The minimum absolute atomic E-state index is 0.492. The first-order valence-electron chi connectivity index (χ1n) is 18.4. The molecule has 2 heterocycles. The number of ether oxygens (including phenoxy) is 1. The molecule has 0 atom stereocenters. The van der Waals surface area contributed by atoms with Crippen molar-refractivity contribution in [2.24, 2.45) is 0 Å². The number of hydrogen-bond donors (Lipinski definition) is 0. The molecule has 0 radical (unpaired) electrons. The van der Waals surface area contributed by atoms with Gasteiger partial charge in [0.2, 0.25) is 0 Å². The van der Waals surface area contributed by atoms with Gasteiger partial charge in [-0.25, -0.2) is 0 Å². The molecule has 8 aromatic rings. The van der Waals surface area contributed by atoms with Crippen molar-refractivity contribution in [3.63, 3.8) is 0 Å². The minimum atomic E-state index is 0.492. The van der Waals surface area contributed by atoms with Crippen molar-refractivity contribution in [1.82, 2.24) is 0 Å². The largest absolute Gasteiger partial charge is 0.430 e. The van der Waals surface area contributed by atoms with Crippen molar-refractivity contribution in [3.8, 4) is 11.9 Å². The lowest BCUT2D eigenvalue weighted by Gasteiger charge is -2.10. The molecule has 0 saturated heterocycles. The van der Waals surface area contributed by atoms with Crippen molar-refractivity contribution in [3.05, 3.63) is 249 Å². The quantitative estimate of drug-likeness (QED) is 0.114. The second kappa shape index (κ2) is 16.4. The van der Waals surface area contributed by atoms with Gasteiger partial charge in [0.15, 0.2) is 0 Å². The fourth-order valence-corrected chi connectivity index (χ4v) is 7.12. The standard InChI is InChI=1S/C50H42O3/c1-7-19-37(20-8-1)31-43-45(33-39-23-11-3-12-24-39)49(51-47(43)35-41-27-15-5-16-28-41)53-50-46(34-40-25-13-4-14-26-40)44(32-38-21-9-2-10-22-38)48(52-50)36-42-29-17-6-18-30-42/h1-30H,31-36H2. The van der Waals surface area contributed by atoms with Gasteiger partial charge < -0.3 is 13.6 Å². The lowest BCUT2D eigenvalue weighted by molar-refractivity contribution is 0.263. The summed E-state index contributed by atoms with van der Waals surface area (Å²) in [6, 6.07) is 63.5. The molecular weight excluding hydrogens is 649 g/mol. The van der Waals surface area contributed by atoms with E-state index in [0.29, 0.717) is 37.6 Å². The Morgan fingerprint density at radius 1 is 0.264 bits per heavy atom. The van der Waals surface area contributed by atoms with Crippen molar-refractivity contribution in [2.45, 2.75) is 38.5 Å². The molecule has 8 rings (SSSR count). The van der Waals surface area contributed by atoms with Crippen LogP contribution in [0.25, 0.3) is 0 Å². The zero-order valence-electron chi connectivity index (χ0n) is 29.8. The molecule has 0 fully saturated rings. The Labute approximate surface area is 312 Å². The van der Waals surface area contributed by atoms with Gasteiger partial charge in [0, 0.05) is 60.8 Å². The summed E-state index contributed by atoms with van der Waals surface area (Å²) >= 11 is 0. The first-order valence-corrected chi connectivity index (χ1v) is 18.4. The fourth-order valence-electron chi connectivity index (χ4n) is 7.12. The van der Waals surface area contributed by atoms with Crippen LogP contribution in [0, 0.1) is 0 Å². The average Bonchev–Trinajstić information content (AvgIpc) is 3.68. The van der Waals surface area contributed by atoms with E-state index in [9.17, 15) is 0 Å². The summed E-state index contributed by atoms with van der Waals surface area (Å²) in [7, 11) is 0. The van der Waals surface area contributed by atoms with E-state index in [4.69, 9.17) is 13.6 Å². The van der Waals surface area contributed by atoms with Crippen LogP contribution >= 0.6 is 0 Å². The maximum Gasteiger partial charge on any atom is 0.296 e. The van der Waals surface area contributed by atoms with E-state index in [1.54, 1.807) is 0 Å². The zero-order valence-corrected chi connectivity index (χ0v) is 29.8. The van der Waals surface area contributed by atoms with Crippen LogP contribution in [0.3, 0.4) is 0 Å². The van der Waals surface area contributed by atoms with Gasteiger partial charge >= 0.3 is 0 Å². The van der Waals surface area contributed by atoms with Gasteiger partial charge in [-0.3, -0.25) is 0 Å². The highest BCUT2D eigenvalue weighted by molar-refractivity contribution is 5.50. The molecule has 0 saturated carbocycles. The zero-order chi connectivity index (χ0) is 35.7. The second-order valence-corrected chi connectivity index (χ2v) is 13.6. The first kappa shape index (κ1) is 33.8. The summed E-state index contributed by atoms with van der Waals surface area (Å²) in [5.41, 5.74) is 11.6. The number of rotatable bonds is 14. The minimum Gasteiger partial charge on any atom is -0.430 e. The molecule has 0 unspecified atom stereocenters. The van der Waals surface area contributed by atoms with E-state index >= 15 is 0 Å². The summed E-state index contributed by atoms with van der Waals surface area (Å²) in [5, 5.41) is 0. The Morgan fingerprint density at radius 2 is 0.491 bits per heavy atom. The lowest BCUT2D eigenvalue weighted by Crippen LogP contribution is -2.00. The highest BCUT2D eigenvalue weighted by atomic mass is 16.6. The van der Waals surface area contributed by atoms with Gasteiger partial charge in [-0.1, -0.05) is 182 Å². The van der Waals surface area contributed by atoms with Gasteiger partial charge in [-0.05, 0) is 33.4 Å². The Kier molecular flexibility index (Phi) is 10.4. The molecule has 0 spiro atoms. The van der Waals surface area contributed by atoms with Gasteiger partial charge in [0.25, 0.3) is 11.9 Å². The van der Waals surface area contributed by atoms with Crippen molar-refractivity contribution >= 4 is 0 Å². The van der Waals surface area contributed by atoms with Crippen molar-refractivity contribution in [2.75, 3.05) is 0 Å². The summed E-state index contributed by atoms with van der Waals surface area (Å²) in [4.78, 5) is 0. The van der Waals surface area contributed by atoms with E-state index in [2.05, 4.69) is 182 Å². The second-order valence-electron chi connectivity index (χ2n) is 13.6. The molecule has 0 aliphatic carbocycles. The van der Waals surface area contributed by atoms with Crippen LogP contribution < -0.4 is 4.74 Å². The molecule has 53 heavy (non-hydrogen) atoms. The summed E-state index contributed by atoms with van der Waals surface area (Å²) in [5.74, 6) is 2.80. The molecule has 260 valence electrons. The van der Waals surface area contributed by atoms with E-state index in [0.717, 1.165) is 46.6 Å². The smallest absolute Gasteiger partial charge is 0.296 e. The number of furan rings is 2. The Hall–Kier alpha value is -6.32. The highest BCUT2D eigenvalue weighted by Crippen LogP contribution is 2.42. The van der Waals surface area contributed by atoms with Gasteiger partial charge in [-0.15, -0.1) is 0 Å². The van der Waals surface area contributed by atoms with Gasteiger partial charge in [0.1, 0.15) is 11.5 Å². The maximum atomic E-state index is 7.05. The third kappa shape index (κ3) is 8.43. The maximum absolute atomic E-state index is 7.05. The molecule has 0 aliphatic heterocycles. The SMILES string of the molecule is c1ccc(Cc2oc(Oc3oc(Cc4ccccc4)c(Cc4ccccc4)c3Cc3ccccc3)c(Cc3ccccc3)c2Cc2ccccc2)cc1. The predicted octanol–water partition coefficient (Wildman–Crippen LogP) is 12.2. The third-order valence-corrected chi connectivity index (χ3v) is 9.82. The molecule has 0 amide bonds. The first-order chi connectivity index (χ1) is 26.2. The molecule has 0 aliphatic rings. The van der Waals surface area contributed by atoms with Gasteiger partial charge in [-0.2, -0.15) is 0 Å². The van der Waals surface area contributed by atoms with Crippen LogP contribution in [0.4, 0.5) is 0 Å². The Balaban J connectivity index is 1.29. The summed E-state index contributed by atoms with van der Waals surface area (Å²) < 4.78 is 20.9. The van der Waals surface area contributed by atoms with E-state index < -0.39 is 0 Å². The van der Waals surface area contributed by atoms with E-state index in [1.807, 2.05) is 0 Å². The molecule has 2 aromatic heterocycles. The van der Waals surface area contributed by atoms with Crippen LogP contribution in [0.1, 0.15) is 67.2 Å². The summed E-state index contributed by atoms with van der Waals surface area (Å²) in [6.07, 6.45) is 4.10. The molecule has 0 bridgehead atoms. The van der Waals surface area contributed by atoms with Crippen LogP contribution in [-0.2, 0) is 38.5 Å². The molecular formula is C50H42O3. The normalized spacial score (nSPS) is 11.1. The topological polar surface area (TPSA) is 35.5 Å². The van der Waals surface area contributed by atoms with Crippen LogP contribution in [0.5, 0.6) is 11.9 Å². The van der Waals surface area contributed by atoms with Crippen LogP contribution in [0.15, 0.2) is 191 Å². The fraction of sp³-hybridized carbons (Fsp3) is 0.120. The monoisotopic (exact) mass is 690 g/mol. The van der Waals surface area contributed by atoms with Gasteiger partial charge in [0.05, 0.1) is 0 Å². The lowest BCUT2D eigenvalue weighted by atomic mass is 9.94. The number of hydrogen-bond acceptors (Lipinski definition) is 3. The van der Waals surface area contributed by atoms with Crippen LogP contribution in [0.2, 0.25) is 0 Å². The average molecular weight is 691 g/mol. The van der Waals surface area contributed by atoms with E-state index in [1.165, 1.54) is 33.4 Å². The highest BCUT2D eigenvalue weighted by Gasteiger charge is 2.28. The molecule has 3 nitrogen and oxygen atoms in total. The Morgan fingerprint density at radius 3 is 0.755 bits per heavy atom. The third-order valence-electron chi connectivity index (χ3n) is 9.82. The summed E-state index contributed by atoms with van der Waals surface area (Å²) in [6.45, 7) is 0. The van der Waals surface area contributed by atoms with Crippen molar-refractivity contribution < 1.29 is 13.6 Å². The molecule has 3 heteroatoms. The predicted molar refractivity (Wildman–Crippen MR) is 213 cm³/mol. The van der Waals surface area contributed by atoms with Crippen molar-refractivity contribution in [1.29, 1.82) is 0 Å². The van der Waals surface area contributed by atoms with Crippen LogP contribution in [-0.4, -0.2) is 0 Å². The Bertz CT molecular complexity index is 2160.